The van der Waals surface area contributed by atoms with Crippen molar-refractivity contribution in [1.29, 1.82) is 0 Å². The summed E-state index contributed by atoms with van der Waals surface area (Å²) in [6.07, 6.45) is 0.351. The molecule has 1 N–H and O–H groups in total. The number of rotatable bonds is 4. The number of aliphatic hydroxyl groups is 1. The van der Waals surface area contributed by atoms with Gasteiger partial charge in [-0.15, -0.1) is 0 Å². The lowest BCUT2D eigenvalue weighted by Crippen LogP contribution is -1.98. The van der Waals surface area contributed by atoms with Crippen molar-refractivity contribution in [3.8, 4) is 5.75 Å². The Kier molecular flexibility index (Phi) is 3.96. The van der Waals surface area contributed by atoms with Crippen LogP contribution in [0.3, 0.4) is 0 Å². The molecule has 0 fully saturated rings. The summed E-state index contributed by atoms with van der Waals surface area (Å²) in [5.41, 5.74) is 2.06. The Morgan fingerprint density at radius 2 is 2.00 bits per heavy atom. The molecule has 1 aromatic carbocycles. The predicted octanol–water partition coefficient (Wildman–Crippen LogP) is 2.84. The molecule has 0 amide bonds. The molecular formula is C12H18O2. The monoisotopic (exact) mass is 194 g/mol. The van der Waals surface area contributed by atoms with Crippen LogP contribution < -0.4 is 4.74 Å². The molecule has 1 unspecified atom stereocenters. The molecule has 0 aliphatic carbocycles. The summed E-state index contributed by atoms with van der Waals surface area (Å²) in [5.74, 6) is 0.843. The molecule has 0 spiro atoms. The first-order chi connectivity index (χ1) is 6.67. The maximum absolute atomic E-state index is 9.69. The Labute approximate surface area is 85.5 Å². The van der Waals surface area contributed by atoms with Crippen molar-refractivity contribution in [2.24, 2.45) is 0 Å². The zero-order valence-electron chi connectivity index (χ0n) is 9.08. The predicted molar refractivity (Wildman–Crippen MR) is 57.6 cm³/mol. The quantitative estimate of drug-likeness (QED) is 0.798. The van der Waals surface area contributed by atoms with Crippen molar-refractivity contribution in [1.82, 2.24) is 0 Å². The average Bonchev–Trinajstić information content (AvgIpc) is 2.16. The van der Waals surface area contributed by atoms with E-state index in [0.29, 0.717) is 6.61 Å². The number of hydrogen-bond donors (Lipinski definition) is 1. The van der Waals surface area contributed by atoms with Gasteiger partial charge in [-0.1, -0.05) is 13.0 Å². The molecule has 14 heavy (non-hydrogen) atoms. The molecule has 0 radical (unpaired) electrons. The second kappa shape index (κ2) is 5.01. The number of aryl methyl sites for hydroxylation is 1. The van der Waals surface area contributed by atoms with Crippen LogP contribution in [-0.4, -0.2) is 11.7 Å². The van der Waals surface area contributed by atoms with Gasteiger partial charge in [-0.05, 0) is 43.5 Å². The van der Waals surface area contributed by atoms with E-state index in [0.717, 1.165) is 23.3 Å². The number of ether oxygens (including phenoxy) is 1. The van der Waals surface area contributed by atoms with Crippen LogP contribution in [0.25, 0.3) is 0 Å². The molecule has 1 atom stereocenters. The van der Waals surface area contributed by atoms with E-state index in [-0.39, 0.29) is 6.10 Å². The summed E-state index contributed by atoms with van der Waals surface area (Å²) < 4.78 is 5.41. The van der Waals surface area contributed by atoms with Gasteiger partial charge in [0.2, 0.25) is 0 Å². The van der Waals surface area contributed by atoms with Crippen LogP contribution in [0.1, 0.15) is 37.5 Å². The molecular weight excluding hydrogens is 176 g/mol. The number of hydrogen-bond acceptors (Lipinski definition) is 2. The molecule has 1 rings (SSSR count). The van der Waals surface area contributed by atoms with Crippen LogP contribution >= 0.6 is 0 Å². The molecule has 1 aromatic rings. The van der Waals surface area contributed by atoms with Crippen molar-refractivity contribution in [2.75, 3.05) is 6.61 Å². The van der Waals surface area contributed by atoms with Gasteiger partial charge in [-0.25, -0.2) is 0 Å². The fourth-order valence-corrected chi connectivity index (χ4v) is 1.45. The number of aliphatic hydroxyl groups excluding tert-OH is 1. The van der Waals surface area contributed by atoms with Crippen LogP contribution in [0, 0.1) is 6.92 Å². The highest BCUT2D eigenvalue weighted by Gasteiger charge is 2.06. The van der Waals surface area contributed by atoms with Crippen molar-refractivity contribution in [2.45, 2.75) is 33.3 Å². The molecule has 0 aliphatic rings. The summed E-state index contributed by atoms with van der Waals surface area (Å²) >= 11 is 0. The van der Waals surface area contributed by atoms with Crippen molar-refractivity contribution in [3.63, 3.8) is 0 Å². The summed E-state index contributed by atoms with van der Waals surface area (Å²) in [4.78, 5) is 0. The van der Waals surface area contributed by atoms with Gasteiger partial charge in [0, 0.05) is 0 Å². The van der Waals surface area contributed by atoms with Crippen LogP contribution in [0.5, 0.6) is 5.75 Å². The highest BCUT2D eigenvalue weighted by atomic mass is 16.5. The number of benzene rings is 1. The summed E-state index contributed by atoms with van der Waals surface area (Å²) in [6.45, 7) is 6.59. The fourth-order valence-electron chi connectivity index (χ4n) is 1.45. The van der Waals surface area contributed by atoms with Gasteiger partial charge in [-0.2, -0.15) is 0 Å². The highest BCUT2D eigenvalue weighted by Crippen LogP contribution is 2.23. The maximum atomic E-state index is 9.69. The Morgan fingerprint density at radius 3 is 2.57 bits per heavy atom. The van der Waals surface area contributed by atoms with E-state index in [4.69, 9.17) is 4.74 Å². The van der Waals surface area contributed by atoms with Gasteiger partial charge in [-0.3, -0.25) is 0 Å². The topological polar surface area (TPSA) is 29.5 Å². The van der Waals surface area contributed by atoms with Crippen molar-refractivity contribution < 1.29 is 9.84 Å². The first kappa shape index (κ1) is 11.1. The molecule has 0 saturated heterocycles. The first-order valence-corrected chi connectivity index (χ1v) is 5.09. The third-order valence-electron chi connectivity index (χ3n) is 2.16. The van der Waals surface area contributed by atoms with Crippen LogP contribution in [0.2, 0.25) is 0 Å². The van der Waals surface area contributed by atoms with Gasteiger partial charge in [0.1, 0.15) is 5.75 Å². The summed E-state index contributed by atoms with van der Waals surface area (Å²) in [5, 5.41) is 9.69. The maximum Gasteiger partial charge on any atom is 0.119 e. The molecule has 0 aromatic heterocycles. The molecule has 0 saturated carbocycles. The first-order valence-electron chi connectivity index (χ1n) is 5.09. The van der Waals surface area contributed by atoms with Crippen molar-refractivity contribution in [3.05, 3.63) is 29.3 Å². The Balaban J connectivity index is 2.94. The Hall–Kier alpha value is -1.02. The van der Waals surface area contributed by atoms with Crippen LogP contribution in [-0.2, 0) is 0 Å². The molecule has 78 valence electrons. The SMILES string of the molecule is CCOc1cc(C)cc(C(O)CC)c1. The van der Waals surface area contributed by atoms with Crippen LogP contribution in [0.15, 0.2) is 18.2 Å². The molecule has 0 aliphatic heterocycles. The average molecular weight is 194 g/mol. The second-order valence-electron chi connectivity index (χ2n) is 3.44. The van der Waals surface area contributed by atoms with E-state index in [1.807, 2.05) is 39.0 Å². The summed E-state index contributed by atoms with van der Waals surface area (Å²) in [7, 11) is 0. The second-order valence-corrected chi connectivity index (χ2v) is 3.44. The molecule has 2 nitrogen and oxygen atoms in total. The lowest BCUT2D eigenvalue weighted by molar-refractivity contribution is 0.173. The molecule has 0 bridgehead atoms. The van der Waals surface area contributed by atoms with Gasteiger partial charge < -0.3 is 9.84 Å². The van der Waals surface area contributed by atoms with Gasteiger partial charge in [0.05, 0.1) is 12.7 Å². The van der Waals surface area contributed by atoms with E-state index < -0.39 is 0 Å². The van der Waals surface area contributed by atoms with Gasteiger partial charge >= 0.3 is 0 Å². The van der Waals surface area contributed by atoms with E-state index >= 15 is 0 Å². The van der Waals surface area contributed by atoms with E-state index in [2.05, 4.69) is 0 Å². The zero-order chi connectivity index (χ0) is 10.6. The summed E-state index contributed by atoms with van der Waals surface area (Å²) in [6, 6.07) is 5.89. The smallest absolute Gasteiger partial charge is 0.119 e. The largest absolute Gasteiger partial charge is 0.494 e. The minimum Gasteiger partial charge on any atom is -0.494 e. The van der Waals surface area contributed by atoms with Crippen molar-refractivity contribution >= 4 is 0 Å². The van der Waals surface area contributed by atoms with Crippen LogP contribution in [0.4, 0.5) is 0 Å². The Morgan fingerprint density at radius 1 is 1.29 bits per heavy atom. The fraction of sp³-hybridized carbons (Fsp3) is 0.500. The lowest BCUT2D eigenvalue weighted by Gasteiger charge is -2.11. The van der Waals surface area contributed by atoms with Gasteiger partial charge in [0.25, 0.3) is 0 Å². The van der Waals surface area contributed by atoms with Gasteiger partial charge in [0.15, 0.2) is 0 Å². The van der Waals surface area contributed by atoms with E-state index in [1.165, 1.54) is 0 Å². The van der Waals surface area contributed by atoms with E-state index in [1.54, 1.807) is 0 Å². The minimum absolute atomic E-state index is 0.380. The third-order valence-corrected chi connectivity index (χ3v) is 2.16. The zero-order valence-corrected chi connectivity index (χ0v) is 9.08. The Bertz CT molecular complexity index is 294. The molecule has 0 heterocycles. The van der Waals surface area contributed by atoms with E-state index in [9.17, 15) is 5.11 Å². The normalized spacial score (nSPS) is 12.6. The standard InChI is InChI=1S/C12H18O2/c1-4-12(13)10-6-9(3)7-11(8-10)14-5-2/h6-8,12-13H,4-5H2,1-3H3. The highest BCUT2D eigenvalue weighted by molar-refractivity contribution is 5.34. The third kappa shape index (κ3) is 2.74. The lowest BCUT2D eigenvalue weighted by atomic mass is 10.0. The molecule has 2 heteroatoms. The minimum atomic E-state index is -0.380.